The molecule has 8 nitrogen and oxygen atoms in total. The maximum atomic E-state index is 10.9. The van der Waals surface area contributed by atoms with Gasteiger partial charge in [-0.3, -0.25) is 4.68 Å². The number of pyridine rings is 1. The molecule has 0 atom stereocenters. The molecule has 3 heterocycles. The lowest BCUT2D eigenvalue weighted by molar-refractivity contribution is 0.0697. The third-order valence-corrected chi connectivity index (χ3v) is 2.81. The molecule has 0 spiro atoms. The van der Waals surface area contributed by atoms with E-state index in [1.807, 2.05) is 13.2 Å². The molecule has 3 rings (SSSR count). The highest BCUT2D eigenvalue weighted by atomic mass is 16.4. The minimum absolute atomic E-state index is 0.133. The number of hydrogen-bond donors (Lipinski definition) is 2. The van der Waals surface area contributed by atoms with Crippen molar-refractivity contribution in [2.45, 2.75) is 0 Å². The first-order valence-electron chi connectivity index (χ1n) is 6.12. The van der Waals surface area contributed by atoms with Crippen molar-refractivity contribution in [3.63, 3.8) is 0 Å². The second-order valence-corrected chi connectivity index (χ2v) is 4.41. The van der Waals surface area contributed by atoms with Crippen molar-refractivity contribution in [3.8, 4) is 5.69 Å². The monoisotopic (exact) mass is 284 g/mol. The van der Waals surface area contributed by atoms with Crippen LogP contribution in [0.1, 0.15) is 10.4 Å². The van der Waals surface area contributed by atoms with E-state index < -0.39 is 5.97 Å². The van der Waals surface area contributed by atoms with E-state index in [9.17, 15) is 4.79 Å². The van der Waals surface area contributed by atoms with E-state index in [1.165, 1.54) is 17.1 Å². The number of hydrogen-bond acceptors (Lipinski definition) is 5. The number of rotatable bonds is 4. The number of carboxylic acid groups (broad SMARTS) is 1. The molecule has 0 aliphatic carbocycles. The Balaban J connectivity index is 1.86. The molecule has 3 aromatic rings. The molecular formula is C13H12N6O2. The fourth-order valence-electron chi connectivity index (χ4n) is 1.84. The van der Waals surface area contributed by atoms with Gasteiger partial charge in [-0.25, -0.2) is 14.5 Å². The maximum absolute atomic E-state index is 10.9. The summed E-state index contributed by atoms with van der Waals surface area (Å²) in [5, 5.41) is 20.1. The van der Waals surface area contributed by atoms with E-state index in [2.05, 4.69) is 20.5 Å². The molecule has 0 fully saturated rings. The Labute approximate surface area is 119 Å². The minimum Gasteiger partial charge on any atom is -0.478 e. The summed E-state index contributed by atoms with van der Waals surface area (Å²) in [6, 6.07) is 3.51. The first-order valence-corrected chi connectivity index (χ1v) is 6.12. The molecule has 0 unspecified atom stereocenters. The average molecular weight is 284 g/mol. The summed E-state index contributed by atoms with van der Waals surface area (Å²) in [5.74, 6) is -0.392. The van der Waals surface area contributed by atoms with Gasteiger partial charge in [-0.15, -0.1) is 0 Å². The SMILES string of the molecule is Cn1cc(Nc2cc(-n3cc(C(=O)O)cn3)ccn2)cn1. The van der Waals surface area contributed by atoms with Crippen LogP contribution >= 0.6 is 0 Å². The van der Waals surface area contributed by atoms with Gasteiger partial charge in [-0.05, 0) is 6.07 Å². The van der Waals surface area contributed by atoms with Crippen LogP contribution in [0.25, 0.3) is 5.69 Å². The highest BCUT2D eigenvalue weighted by molar-refractivity contribution is 5.87. The standard InChI is InChI=1S/C13H12N6O2/c1-18-8-10(6-15-18)17-12-4-11(2-3-14-12)19-7-9(5-16-19)13(20)21/h2-8H,1H3,(H,14,17)(H,20,21). The Morgan fingerprint density at radius 1 is 1.29 bits per heavy atom. The van der Waals surface area contributed by atoms with Gasteiger partial charge in [0.1, 0.15) is 5.82 Å². The van der Waals surface area contributed by atoms with Gasteiger partial charge in [0.05, 0.1) is 29.3 Å². The van der Waals surface area contributed by atoms with Gasteiger partial charge in [-0.1, -0.05) is 0 Å². The Morgan fingerprint density at radius 2 is 2.14 bits per heavy atom. The van der Waals surface area contributed by atoms with Crippen molar-refractivity contribution in [2.75, 3.05) is 5.32 Å². The molecular weight excluding hydrogens is 272 g/mol. The van der Waals surface area contributed by atoms with E-state index in [4.69, 9.17) is 5.11 Å². The summed E-state index contributed by atoms with van der Waals surface area (Å²) in [4.78, 5) is 15.1. The van der Waals surface area contributed by atoms with E-state index in [0.29, 0.717) is 11.5 Å². The van der Waals surface area contributed by atoms with Gasteiger partial charge in [0.15, 0.2) is 0 Å². The lowest BCUT2D eigenvalue weighted by atomic mass is 10.3. The van der Waals surface area contributed by atoms with Crippen LogP contribution < -0.4 is 5.32 Å². The fraction of sp³-hybridized carbons (Fsp3) is 0.0769. The fourth-order valence-corrected chi connectivity index (χ4v) is 1.84. The number of carbonyl (C=O) groups is 1. The number of nitrogens with one attached hydrogen (secondary N) is 1. The zero-order valence-corrected chi connectivity index (χ0v) is 11.1. The summed E-state index contributed by atoms with van der Waals surface area (Å²) in [5.41, 5.74) is 1.66. The van der Waals surface area contributed by atoms with Gasteiger partial charge in [0.2, 0.25) is 0 Å². The molecule has 8 heteroatoms. The Bertz CT molecular complexity index is 791. The summed E-state index contributed by atoms with van der Waals surface area (Å²) in [6.07, 6.45) is 7.88. The molecule has 0 saturated carbocycles. The second kappa shape index (κ2) is 5.08. The van der Waals surface area contributed by atoms with Crippen molar-refractivity contribution in [3.05, 3.63) is 48.7 Å². The van der Waals surface area contributed by atoms with E-state index in [1.54, 1.807) is 29.2 Å². The Morgan fingerprint density at radius 3 is 2.81 bits per heavy atom. The molecule has 0 aliphatic heterocycles. The molecule has 2 N–H and O–H groups in total. The van der Waals surface area contributed by atoms with Crippen molar-refractivity contribution in [1.29, 1.82) is 0 Å². The largest absolute Gasteiger partial charge is 0.478 e. The van der Waals surface area contributed by atoms with Crippen LogP contribution in [-0.4, -0.2) is 35.6 Å². The quantitative estimate of drug-likeness (QED) is 0.752. The van der Waals surface area contributed by atoms with Gasteiger partial charge in [0, 0.05) is 31.7 Å². The normalized spacial score (nSPS) is 10.5. The lowest BCUT2D eigenvalue weighted by Gasteiger charge is -2.05. The van der Waals surface area contributed by atoms with Gasteiger partial charge in [-0.2, -0.15) is 10.2 Å². The molecule has 0 aromatic carbocycles. The van der Waals surface area contributed by atoms with Crippen molar-refractivity contribution < 1.29 is 9.90 Å². The number of aromatic carboxylic acids is 1. The summed E-state index contributed by atoms with van der Waals surface area (Å²) >= 11 is 0. The Kier molecular flexibility index (Phi) is 3.11. The van der Waals surface area contributed by atoms with Gasteiger partial charge in [0.25, 0.3) is 0 Å². The van der Waals surface area contributed by atoms with Crippen molar-refractivity contribution >= 4 is 17.5 Å². The number of aromatic nitrogens is 5. The van der Waals surface area contributed by atoms with Crippen LogP contribution in [0, 0.1) is 0 Å². The molecule has 0 saturated heterocycles. The third-order valence-electron chi connectivity index (χ3n) is 2.81. The molecule has 0 amide bonds. The third kappa shape index (κ3) is 2.73. The van der Waals surface area contributed by atoms with Crippen LogP contribution in [0.15, 0.2) is 43.1 Å². The predicted molar refractivity (Wildman–Crippen MR) is 74.8 cm³/mol. The predicted octanol–water partition coefficient (Wildman–Crippen LogP) is 1.44. The molecule has 3 aromatic heterocycles. The van der Waals surface area contributed by atoms with Crippen LogP contribution in [0.4, 0.5) is 11.5 Å². The van der Waals surface area contributed by atoms with Crippen LogP contribution in [0.2, 0.25) is 0 Å². The lowest BCUT2D eigenvalue weighted by Crippen LogP contribution is -1.98. The minimum atomic E-state index is -1.01. The summed E-state index contributed by atoms with van der Waals surface area (Å²) < 4.78 is 3.17. The maximum Gasteiger partial charge on any atom is 0.338 e. The molecule has 21 heavy (non-hydrogen) atoms. The van der Waals surface area contributed by atoms with Crippen LogP contribution in [0.5, 0.6) is 0 Å². The highest BCUT2D eigenvalue weighted by Crippen LogP contribution is 2.16. The molecule has 0 bridgehead atoms. The summed E-state index contributed by atoms with van der Waals surface area (Å²) in [6.45, 7) is 0. The van der Waals surface area contributed by atoms with Crippen molar-refractivity contribution in [2.24, 2.45) is 7.05 Å². The first-order chi connectivity index (χ1) is 10.1. The van der Waals surface area contributed by atoms with Crippen LogP contribution in [-0.2, 0) is 7.05 Å². The topological polar surface area (TPSA) is 97.9 Å². The van der Waals surface area contributed by atoms with E-state index in [0.717, 1.165) is 5.69 Å². The second-order valence-electron chi connectivity index (χ2n) is 4.41. The Hall–Kier alpha value is -3.16. The average Bonchev–Trinajstić information content (AvgIpc) is 3.08. The number of carboxylic acids is 1. The summed E-state index contributed by atoms with van der Waals surface area (Å²) in [7, 11) is 1.83. The molecule has 0 aliphatic rings. The van der Waals surface area contributed by atoms with Crippen LogP contribution in [0.3, 0.4) is 0 Å². The smallest absolute Gasteiger partial charge is 0.338 e. The van der Waals surface area contributed by atoms with Gasteiger partial charge < -0.3 is 10.4 Å². The number of anilines is 2. The van der Waals surface area contributed by atoms with Crippen molar-refractivity contribution in [1.82, 2.24) is 24.5 Å². The molecule has 106 valence electrons. The molecule has 0 radical (unpaired) electrons. The zero-order valence-electron chi connectivity index (χ0n) is 11.1. The van der Waals surface area contributed by atoms with E-state index >= 15 is 0 Å². The number of nitrogens with zero attached hydrogens (tertiary/aromatic N) is 5. The zero-order chi connectivity index (χ0) is 14.8. The van der Waals surface area contributed by atoms with E-state index in [-0.39, 0.29) is 5.56 Å². The first kappa shape index (κ1) is 12.9. The number of aryl methyl sites for hydroxylation is 1. The van der Waals surface area contributed by atoms with Gasteiger partial charge >= 0.3 is 5.97 Å². The highest BCUT2D eigenvalue weighted by Gasteiger charge is 2.08.